The number of carbonyl (C=O) groups is 3. The molecule has 0 aliphatic heterocycles. The van der Waals surface area contributed by atoms with Gasteiger partial charge in [-0.05, 0) is 49.9 Å². The van der Waals surface area contributed by atoms with Crippen molar-refractivity contribution in [2.45, 2.75) is 39.5 Å². The zero-order valence-electron chi connectivity index (χ0n) is 14.8. The lowest BCUT2D eigenvalue weighted by Crippen LogP contribution is -2.49. The maximum Gasteiger partial charge on any atom is 0.307 e. The van der Waals surface area contributed by atoms with Gasteiger partial charge in [-0.25, -0.2) is 0 Å². The van der Waals surface area contributed by atoms with E-state index in [2.05, 4.69) is 10.9 Å². The fourth-order valence-electron chi connectivity index (χ4n) is 3.14. The van der Waals surface area contributed by atoms with E-state index in [-0.39, 0.29) is 6.61 Å². The van der Waals surface area contributed by atoms with Crippen molar-refractivity contribution in [1.29, 1.82) is 0 Å². The first-order valence-corrected chi connectivity index (χ1v) is 8.88. The van der Waals surface area contributed by atoms with Gasteiger partial charge in [0.2, 0.25) is 5.91 Å². The molecule has 0 spiro atoms. The smallest absolute Gasteiger partial charge is 0.307 e. The van der Waals surface area contributed by atoms with Crippen LogP contribution in [0.2, 0.25) is 5.02 Å². The minimum atomic E-state index is -0.979. The summed E-state index contributed by atoms with van der Waals surface area (Å²) in [5, 5.41) is 9.86. The number of hydrogen-bond donors (Lipinski definition) is 3. The van der Waals surface area contributed by atoms with Gasteiger partial charge >= 0.3 is 5.97 Å². The Kier molecular flexibility index (Phi) is 6.85. The first-order chi connectivity index (χ1) is 12.3. The maximum absolute atomic E-state index is 12.2. The van der Waals surface area contributed by atoms with Crippen molar-refractivity contribution in [3.63, 3.8) is 0 Å². The van der Waals surface area contributed by atoms with E-state index in [0.29, 0.717) is 23.6 Å². The van der Waals surface area contributed by atoms with Crippen LogP contribution in [-0.4, -0.2) is 29.5 Å². The average Bonchev–Trinajstić information content (AvgIpc) is 2.62. The molecule has 1 aliphatic carbocycles. The Bertz CT molecular complexity index is 684. The van der Waals surface area contributed by atoms with E-state index in [1.807, 2.05) is 13.8 Å². The number of ether oxygens (including phenoxy) is 1. The second-order valence-electron chi connectivity index (χ2n) is 6.53. The highest BCUT2D eigenvalue weighted by atomic mass is 35.5. The molecule has 2 amide bonds. The molecular weight excluding hydrogens is 360 g/mol. The molecule has 3 N–H and O–H groups in total. The van der Waals surface area contributed by atoms with Crippen LogP contribution in [0.1, 0.15) is 36.8 Å². The SMILES string of the molecule is Cc1cc(OCC(=O)NNC(=O)[C@@H]2CCCC[C@@H]2C(=O)O)cc(C)c1Cl. The van der Waals surface area contributed by atoms with Crippen LogP contribution in [0.3, 0.4) is 0 Å². The lowest BCUT2D eigenvalue weighted by Gasteiger charge is -2.27. The van der Waals surface area contributed by atoms with Gasteiger partial charge in [0, 0.05) is 5.02 Å². The number of hydrazine groups is 1. The van der Waals surface area contributed by atoms with Gasteiger partial charge in [-0.3, -0.25) is 25.2 Å². The first kappa shape index (κ1) is 20.0. The molecule has 0 aromatic heterocycles. The van der Waals surface area contributed by atoms with Crippen molar-refractivity contribution < 1.29 is 24.2 Å². The maximum atomic E-state index is 12.2. The molecule has 1 saturated carbocycles. The zero-order chi connectivity index (χ0) is 19.3. The molecule has 1 fully saturated rings. The summed E-state index contributed by atoms with van der Waals surface area (Å²) in [4.78, 5) is 35.3. The third-order valence-corrected chi connectivity index (χ3v) is 5.12. The van der Waals surface area contributed by atoms with Crippen LogP contribution in [0.4, 0.5) is 0 Å². The Morgan fingerprint density at radius 3 is 2.27 bits per heavy atom. The molecule has 142 valence electrons. The Hall–Kier alpha value is -2.28. The highest BCUT2D eigenvalue weighted by Crippen LogP contribution is 2.30. The lowest BCUT2D eigenvalue weighted by molar-refractivity contribution is -0.149. The number of amides is 2. The zero-order valence-corrected chi connectivity index (χ0v) is 15.6. The first-order valence-electron chi connectivity index (χ1n) is 8.50. The summed E-state index contributed by atoms with van der Waals surface area (Å²) in [7, 11) is 0. The Morgan fingerprint density at radius 2 is 1.69 bits per heavy atom. The van der Waals surface area contributed by atoms with Crippen molar-refractivity contribution in [3.8, 4) is 5.75 Å². The van der Waals surface area contributed by atoms with Gasteiger partial charge in [-0.15, -0.1) is 0 Å². The van der Waals surface area contributed by atoms with Crippen LogP contribution < -0.4 is 15.6 Å². The molecule has 0 radical (unpaired) electrons. The van der Waals surface area contributed by atoms with Crippen molar-refractivity contribution in [2.75, 3.05) is 6.61 Å². The second-order valence-corrected chi connectivity index (χ2v) is 6.91. The van der Waals surface area contributed by atoms with E-state index < -0.39 is 29.6 Å². The lowest BCUT2D eigenvalue weighted by atomic mass is 9.79. The van der Waals surface area contributed by atoms with E-state index in [1.165, 1.54) is 0 Å². The Balaban J connectivity index is 1.83. The fourth-order valence-corrected chi connectivity index (χ4v) is 3.25. The van der Waals surface area contributed by atoms with Crippen molar-refractivity contribution in [1.82, 2.24) is 10.9 Å². The minimum Gasteiger partial charge on any atom is -0.484 e. The average molecular weight is 383 g/mol. The number of nitrogens with one attached hydrogen (secondary N) is 2. The molecule has 7 nitrogen and oxygen atoms in total. The van der Waals surface area contributed by atoms with E-state index >= 15 is 0 Å². The highest BCUT2D eigenvalue weighted by molar-refractivity contribution is 6.32. The number of aryl methyl sites for hydroxylation is 2. The molecule has 1 aliphatic rings. The van der Waals surface area contributed by atoms with Crippen LogP contribution in [0.5, 0.6) is 5.75 Å². The number of aliphatic carboxylic acids is 1. The third kappa shape index (κ3) is 5.11. The van der Waals surface area contributed by atoms with Gasteiger partial charge in [-0.1, -0.05) is 24.4 Å². The molecule has 0 saturated heterocycles. The minimum absolute atomic E-state index is 0.284. The number of hydrogen-bond acceptors (Lipinski definition) is 4. The topological polar surface area (TPSA) is 105 Å². The standard InChI is InChI=1S/C18H23ClN2O5/c1-10-7-12(8-11(2)16(10)19)26-9-15(22)20-21-17(23)13-5-3-4-6-14(13)18(24)25/h7-8,13-14H,3-6,9H2,1-2H3,(H,20,22)(H,21,23)(H,24,25)/t13-,14+/m1/s1. The summed E-state index contributed by atoms with van der Waals surface area (Å²) in [6.07, 6.45) is 2.56. The molecule has 1 aromatic rings. The number of carboxylic acids is 1. The predicted octanol–water partition coefficient (Wildman–Crippen LogP) is 2.37. The Labute approximate surface area is 157 Å². The molecule has 0 bridgehead atoms. The van der Waals surface area contributed by atoms with Crippen LogP contribution in [0.15, 0.2) is 12.1 Å². The highest BCUT2D eigenvalue weighted by Gasteiger charge is 2.35. The molecule has 2 atom stereocenters. The molecular formula is C18H23ClN2O5. The van der Waals surface area contributed by atoms with Gasteiger partial charge in [-0.2, -0.15) is 0 Å². The largest absolute Gasteiger partial charge is 0.484 e. The molecule has 2 rings (SSSR count). The van der Waals surface area contributed by atoms with Gasteiger partial charge < -0.3 is 9.84 Å². The van der Waals surface area contributed by atoms with E-state index in [0.717, 1.165) is 24.0 Å². The van der Waals surface area contributed by atoms with Gasteiger partial charge in [0.15, 0.2) is 6.61 Å². The number of rotatable bonds is 5. The van der Waals surface area contributed by atoms with Gasteiger partial charge in [0.05, 0.1) is 11.8 Å². The third-order valence-electron chi connectivity index (χ3n) is 4.52. The fraction of sp³-hybridized carbons (Fsp3) is 0.500. The summed E-state index contributed by atoms with van der Waals surface area (Å²) < 4.78 is 5.41. The second kappa shape index (κ2) is 8.89. The molecule has 0 unspecified atom stereocenters. The number of halogens is 1. The molecule has 1 aromatic carbocycles. The van der Waals surface area contributed by atoms with Crippen molar-refractivity contribution in [2.24, 2.45) is 11.8 Å². The summed E-state index contributed by atoms with van der Waals surface area (Å²) in [6, 6.07) is 3.45. The summed E-state index contributed by atoms with van der Waals surface area (Å²) in [5.41, 5.74) is 6.25. The summed E-state index contributed by atoms with van der Waals surface area (Å²) >= 11 is 6.08. The monoisotopic (exact) mass is 382 g/mol. The quantitative estimate of drug-likeness (QED) is 0.678. The number of carbonyl (C=O) groups excluding carboxylic acids is 2. The molecule has 26 heavy (non-hydrogen) atoms. The van der Waals surface area contributed by atoms with E-state index in [1.54, 1.807) is 12.1 Å². The van der Waals surface area contributed by atoms with Crippen molar-refractivity contribution in [3.05, 3.63) is 28.3 Å². The normalized spacial score (nSPS) is 19.5. The van der Waals surface area contributed by atoms with Gasteiger partial charge in [0.25, 0.3) is 5.91 Å². The summed E-state index contributed by atoms with van der Waals surface area (Å²) in [5.74, 6) is -2.84. The van der Waals surface area contributed by atoms with Crippen LogP contribution in [-0.2, 0) is 14.4 Å². The van der Waals surface area contributed by atoms with Crippen LogP contribution in [0, 0.1) is 25.7 Å². The van der Waals surface area contributed by atoms with Crippen molar-refractivity contribution >= 4 is 29.4 Å². The molecule has 8 heteroatoms. The van der Waals surface area contributed by atoms with Crippen LogP contribution in [0.25, 0.3) is 0 Å². The summed E-state index contributed by atoms with van der Waals surface area (Å²) in [6.45, 7) is 3.39. The number of benzene rings is 1. The Morgan fingerprint density at radius 1 is 1.12 bits per heavy atom. The van der Waals surface area contributed by atoms with Crippen LogP contribution >= 0.6 is 11.6 Å². The number of carboxylic acid groups (broad SMARTS) is 1. The van der Waals surface area contributed by atoms with E-state index in [9.17, 15) is 19.5 Å². The predicted molar refractivity (Wildman–Crippen MR) is 95.8 cm³/mol. The van der Waals surface area contributed by atoms with Gasteiger partial charge in [0.1, 0.15) is 5.75 Å². The molecule has 0 heterocycles. The van der Waals surface area contributed by atoms with E-state index in [4.69, 9.17) is 16.3 Å².